The molecule has 10 nitrogen and oxygen atoms in total. The second kappa shape index (κ2) is 13.6. The van der Waals surface area contributed by atoms with Gasteiger partial charge in [0.2, 0.25) is 11.8 Å². The molecule has 2 rings (SSSR count). The van der Waals surface area contributed by atoms with Gasteiger partial charge in [-0.3, -0.25) is 14.4 Å². The summed E-state index contributed by atoms with van der Waals surface area (Å²) in [7, 11) is 1.55. The summed E-state index contributed by atoms with van der Waals surface area (Å²) in [5.41, 5.74) is 7.52. The maximum atomic E-state index is 13.9. The van der Waals surface area contributed by atoms with Crippen LogP contribution in [0.25, 0.3) is 0 Å². The van der Waals surface area contributed by atoms with Crippen molar-refractivity contribution in [3.8, 4) is 5.75 Å². The van der Waals surface area contributed by atoms with Gasteiger partial charge in [-0.05, 0) is 88.9 Å². The molecule has 0 fully saturated rings. The molecule has 0 spiro atoms. The summed E-state index contributed by atoms with van der Waals surface area (Å²) in [6.45, 7) is 10.8. The van der Waals surface area contributed by atoms with Crippen molar-refractivity contribution in [2.45, 2.75) is 72.1 Å². The van der Waals surface area contributed by atoms with E-state index in [1.807, 2.05) is 26.0 Å². The number of nitrogens with one attached hydrogen (secondary N) is 2. The van der Waals surface area contributed by atoms with Gasteiger partial charge in [-0.2, -0.15) is 0 Å². The number of hydrogen-bond donors (Lipinski definition) is 3. The van der Waals surface area contributed by atoms with E-state index in [2.05, 4.69) is 10.6 Å². The highest BCUT2D eigenvalue weighted by atomic mass is 16.6. The molecule has 0 radical (unpaired) electrons. The van der Waals surface area contributed by atoms with Crippen molar-refractivity contribution < 1.29 is 28.7 Å². The predicted octanol–water partition coefficient (Wildman–Crippen LogP) is 4.00. The van der Waals surface area contributed by atoms with Gasteiger partial charge in [-0.15, -0.1) is 0 Å². The number of amides is 4. The molecule has 39 heavy (non-hydrogen) atoms. The average molecular weight is 541 g/mol. The summed E-state index contributed by atoms with van der Waals surface area (Å²) in [5.74, 6) is -0.963. The molecule has 212 valence electrons. The molecule has 10 heteroatoms. The molecule has 4 amide bonds. The van der Waals surface area contributed by atoms with E-state index < -0.39 is 41.5 Å². The molecule has 0 saturated heterocycles. The van der Waals surface area contributed by atoms with Crippen LogP contribution in [0.15, 0.2) is 42.5 Å². The highest BCUT2D eigenvalue weighted by molar-refractivity contribution is 5.99. The van der Waals surface area contributed by atoms with Crippen molar-refractivity contribution in [2.24, 2.45) is 5.73 Å². The fourth-order valence-electron chi connectivity index (χ4n) is 4.07. The van der Waals surface area contributed by atoms with Crippen LogP contribution in [0.1, 0.15) is 63.3 Å². The first kappa shape index (κ1) is 31.1. The lowest BCUT2D eigenvalue weighted by Gasteiger charge is -2.34. The number of nitrogens with two attached hydrogens (primary N) is 1. The largest absolute Gasteiger partial charge is 0.497 e. The van der Waals surface area contributed by atoms with Crippen molar-refractivity contribution in [3.63, 3.8) is 0 Å². The maximum Gasteiger partial charge on any atom is 0.408 e. The molecule has 0 aliphatic heterocycles. The smallest absolute Gasteiger partial charge is 0.408 e. The monoisotopic (exact) mass is 540 g/mol. The number of nitrogens with zero attached hydrogens (tertiary/aromatic N) is 1. The van der Waals surface area contributed by atoms with Crippen LogP contribution in [0.3, 0.4) is 0 Å². The van der Waals surface area contributed by atoms with E-state index >= 15 is 0 Å². The molecule has 2 aromatic carbocycles. The van der Waals surface area contributed by atoms with E-state index in [1.54, 1.807) is 65.1 Å². The standard InChI is InChI=1S/C29H40N4O6/c1-8-33(27(36)23(16-17-24(30)34)32-28(37)39-29(4,5)6)25(22-11-9-10-18(2)19(22)3)26(35)31-20-12-14-21(38-7)15-13-20/h9-15,23,25H,8,16-17H2,1-7H3,(H2,30,34)(H,31,35)(H,32,37). The molecule has 0 bridgehead atoms. The number of primary amides is 1. The van der Waals surface area contributed by atoms with Crippen LogP contribution in [0.5, 0.6) is 5.75 Å². The molecule has 0 aliphatic carbocycles. The number of ether oxygens (including phenoxy) is 2. The van der Waals surface area contributed by atoms with E-state index in [0.29, 0.717) is 17.0 Å². The third-order valence-corrected chi connectivity index (χ3v) is 6.15. The number of anilines is 1. The minimum absolute atomic E-state index is 0.0521. The van der Waals surface area contributed by atoms with Gasteiger partial charge in [0.1, 0.15) is 23.4 Å². The molecule has 0 saturated carbocycles. The van der Waals surface area contributed by atoms with Crippen LogP contribution < -0.4 is 21.1 Å². The van der Waals surface area contributed by atoms with E-state index in [0.717, 1.165) is 11.1 Å². The van der Waals surface area contributed by atoms with E-state index in [1.165, 1.54) is 4.90 Å². The van der Waals surface area contributed by atoms with Crippen LogP contribution in [-0.2, 0) is 19.1 Å². The first-order valence-electron chi connectivity index (χ1n) is 12.9. The lowest BCUT2D eigenvalue weighted by molar-refractivity contribution is -0.140. The Kier molecular flexibility index (Phi) is 10.9. The van der Waals surface area contributed by atoms with Crippen molar-refractivity contribution in [2.75, 3.05) is 19.0 Å². The Morgan fingerprint density at radius 1 is 1.03 bits per heavy atom. The fourth-order valence-corrected chi connectivity index (χ4v) is 4.07. The quantitative estimate of drug-likeness (QED) is 0.394. The van der Waals surface area contributed by atoms with Crippen molar-refractivity contribution >= 4 is 29.5 Å². The van der Waals surface area contributed by atoms with Crippen LogP contribution in [0.4, 0.5) is 10.5 Å². The van der Waals surface area contributed by atoms with Gasteiger partial charge < -0.3 is 30.7 Å². The van der Waals surface area contributed by atoms with Gasteiger partial charge in [0.05, 0.1) is 7.11 Å². The number of carbonyl (C=O) groups excluding carboxylic acids is 4. The second-order valence-corrected chi connectivity index (χ2v) is 10.2. The number of carbonyl (C=O) groups is 4. The Hall–Kier alpha value is -4.08. The lowest BCUT2D eigenvalue weighted by Crippen LogP contribution is -2.52. The number of alkyl carbamates (subject to hydrolysis) is 1. The minimum Gasteiger partial charge on any atom is -0.497 e. The van der Waals surface area contributed by atoms with Gasteiger partial charge in [-0.25, -0.2) is 4.79 Å². The van der Waals surface area contributed by atoms with E-state index in [9.17, 15) is 19.2 Å². The Labute approximate surface area is 230 Å². The molecular formula is C29H40N4O6. The highest BCUT2D eigenvalue weighted by Crippen LogP contribution is 2.29. The summed E-state index contributed by atoms with van der Waals surface area (Å²) in [5, 5.41) is 5.47. The van der Waals surface area contributed by atoms with Crippen LogP contribution in [-0.4, -0.2) is 54.0 Å². The number of benzene rings is 2. The van der Waals surface area contributed by atoms with Crippen molar-refractivity contribution in [1.82, 2.24) is 10.2 Å². The zero-order valence-corrected chi connectivity index (χ0v) is 23.8. The van der Waals surface area contributed by atoms with Crippen LogP contribution in [0, 0.1) is 13.8 Å². The third kappa shape index (κ3) is 9.01. The average Bonchev–Trinajstić information content (AvgIpc) is 2.85. The van der Waals surface area contributed by atoms with Gasteiger partial charge in [0, 0.05) is 18.7 Å². The first-order chi connectivity index (χ1) is 18.3. The zero-order valence-electron chi connectivity index (χ0n) is 23.8. The molecule has 4 N–H and O–H groups in total. The molecule has 2 atom stereocenters. The van der Waals surface area contributed by atoms with E-state index in [4.69, 9.17) is 15.2 Å². The van der Waals surface area contributed by atoms with Gasteiger partial charge in [0.25, 0.3) is 5.91 Å². The fraction of sp³-hybridized carbons (Fsp3) is 0.448. The second-order valence-electron chi connectivity index (χ2n) is 10.2. The zero-order chi connectivity index (χ0) is 29.3. The summed E-state index contributed by atoms with van der Waals surface area (Å²) in [6.07, 6.45) is -1.01. The molecular weight excluding hydrogens is 500 g/mol. The van der Waals surface area contributed by atoms with Gasteiger partial charge in [0.15, 0.2) is 0 Å². The SMILES string of the molecule is CCN(C(=O)C(CCC(N)=O)NC(=O)OC(C)(C)C)C(C(=O)Nc1ccc(OC)cc1)c1cccc(C)c1C. The highest BCUT2D eigenvalue weighted by Gasteiger charge is 2.36. The number of likely N-dealkylation sites (N-methyl/N-ethyl adjacent to an activating group) is 1. The predicted molar refractivity (Wildman–Crippen MR) is 149 cm³/mol. The molecule has 2 aromatic rings. The van der Waals surface area contributed by atoms with Crippen molar-refractivity contribution in [1.29, 1.82) is 0 Å². The number of aryl methyl sites for hydroxylation is 1. The van der Waals surface area contributed by atoms with Gasteiger partial charge in [-0.1, -0.05) is 18.2 Å². The van der Waals surface area contributed by atoms with Crippen LogP contribution in [0.2, 0.25) is 0 Å². The third-order valence-electron chi connectivity index (χ3n) is 6.15. The molecule has 0 heterocycles. The summed E-state index contributed by atoms with van der Waals surface area (Å²) < 4.78 is 10.5. The Morgan fingerprint density at radius 2 is 1.67 bits per heavy atom. The van der Waals surface area contributed by atoms with Gasteiger partial charge >= 0.3 is 6.09 Å². The van der Waals surface area contributed by atoms with Crippen molar-refractivity contribution in [3.05, 3.63) is 59.2 Å². The van der Waals surface area contributed by atoms with Crippen LogP contribution >= 0.6 is 0 Å². The topological polar surface area (TPSA) is 140 Å². The summed E-state index contributed by atoms with van der Waals surface area (Å²) >= 11 is 0. The molecule has 0 aromatic heterocycles. The normalized spacial score (nSPS) is 12.6. The first-order valence-corrected chi connectivity index (χ1v) is 12.9. The maximum absolute atomic E-state index is 13.9. The minimum atomic E-state index is -1.14. The Bertz CT molecular complexity index is 1170. The molecule has 2 unspecified atom stereocenters. The Balaban J connectivity index is 2.50. The summed E-state index contributed by atoms with van der Waals surface area (Å²) in [6, 6.07) is 10.2. The van der Waals surface area contributed by atoms with E-state index in [-0.39, 0.29) is 19.4 Å². The Morgan fingerprint density at radius 3 is 2.21 bits per heavy atom. The number of methoxy groups -OCH3 is 1. The summed E-state index contributed by atoms with van der Waals surface area (Å²) in [4.78, 5) is 53.3. The number of hydrogen-bond acceptors (Lipinski definition) is 6. The number of rotatable bonds is 11. The lowest BCUT2D eigenvalue weighted by atomic mass is 9.94. The molecule has 0 aliphatic rings.